The molecule has 0 aliphatic carbocycles. The molecule has 0 unspecified atom stereocenters. The molecule has 0 bridgehead atoms. The fraction of sp³-hybridized carbons (Fsp3) is 0.276. The van der Waals surface area contributed by atoms with E-state index in [1.54, 1.807) is 12.1 Å². The number of aromatic nitrogens is 2. The maximum absolute atomic E-state index is 12.5. The maximum atomic E-state index is 12.5. The van der Waals surface area contributed by atoms with Gasteiger partial charge in [0.1, 0.15) is 5.82 Å². The number of carbonyl (C=O) groups excluding carboxylic acids is 2. The molecule has 0 saturated carbocycles. The second kappa shape index (κ2) is 12.1. The van der Waals surface area contributed by atoms with Crippen LogP contribution in [0.5, 0.6) is 0 Å². The third-order valence-electron chi connectivity index (χ3n) is 6.17. The van der Waals surface area contributed by atoms with Crippen molar-refractivity contribution in [3.8, 4) is 0 Å². The Morgan fingerprint density at radius 1 is 0.972 bits per heavy atom. The molecule has 7 nitrogen and oxygen atoms in total. The van der Waals surface area contributed by atoms with Crippen LogP contribution in [0.2, 0.25) is 0 Å². The highest BCUT2D eigenvalue weighted by atomic mass is 16.2. The number of fused-ring (bicyclic) bond motifs is 1. The Kier molecular flexibility index (Phi) is 8.47. The van der Waals surface area contributed by atoms with Gasteiger partial charge in [-0.25, -0.2) is 4.98 Å². The van der Waals surface area contributed by atoms with Crippen molar-refractivity contribution in [1.29, 1.82) is 0 Å². The highest BCUT2D eigenvalue weighted by Gasteiger charge is 2.14. The second-order valence-electron chi connectivity index (χ2n) is 8.88. The highest BCUT2D eigenvalue weighted by molar-refractivity contribution is 5.96. The molecule has 4 rings (SSSR count). The van der Waals surface area contributed by atoms with Crippen LogP contribution in [0.25, 0.3) is 10.8 Å². The van der Waals surface area contributed by atoms with Crippen LogP contribution in [0.3, 0.4) is 0 Å². The number of aryl methyl sites for hydroxylation is 1. The summed E-state index contributed by atoms with van der Waals surface area (Å²) < 4.78 is 2.15. The fourth-order valence-corrected chi connectivity index (χ4v) is 4.31. The normalized spacial score (nSPS) is 11.8. The van der Waals surface area contributed by atoms with Crippen LogP contribution in [-0.4, -0.2) is 27.9 Å². The molecule has 3 aromatic carbocycles. The van der Waals surface area contributed by atoms with E-state index in [4.69, 9.17) is 0 Å². The second-order valence-corrected chi connectivity index (χ2v) is 8.88. The van der Waals surface area contributed by atoms with Crippen molar-refractivity contribution in [2.45, 2.75) is 45.9 Å². The van der Waals surface area contributed by atoms with E-state index in [2.05, 4.69) is 50.6 Å². The fourth-order valence-electron chi connectivity index (χ4n) is 4.31. The number of hydrogen-bond donors (Lipinski definition) is 3. The van der Waals surface area contributed by atoms with Crippen LogP contribution in [-0.2, 0) is 24.4 Å². The number of nitrogens with zero attached hydrogens (tertiary/aromatic N) is 2. The number of benzene rings is 3. The van der Waals surface area contributed by atoms with Gasteiger partial charge in [0.25, 0.3) is 5.91 Å². The summed E-state index contributed by atoms with van der Waals surface area (Å²) in [6.07, 6.45) is 4.89. The lowest BCUT2D eigenvalue weighted by Crippen LogP contribution is -2.38. The molecule has 0 fully saturated rings. The van der Waals surface area contributed by atoms with Gasteiger partial charge in [-0.1, -0.05) is 61.5 Å². The Morgan fingerprint density at radius 2 is 1.75 bits per heavy atom. The lowest BCUT2D eigenvalue weighted by molar-refractivity contribution is -0.120. The van der Waals surface area contributed by atoms with Crippen molar-refractivity contribution < 1.29 is 9.59 Å². The van der Waals surface area contributed by atoms with Gasteiger partial charge in [-0.15, -0.1) is 0 Å². The van der Waals surface area contributed by atoms with Crippen LogP contribution in [0.1, 0.15) is 53.6 Å². The van der Waals surface area contributed by atoms with E-state index in [0.717, 1.165) is 40.7 Å². The van der Waals surface area contributed by atoms with Crippen LogP contribution >= 0.6 is 0 Å². The Hall–Kier alpha value is -3.97. The van der Waals surface area contributed by atoms with E-state index in [9.17, 15) is 9.59 Å². The predicted molar refractivity (Wildman–Crippen MR) is 142 cm³/mol. The van der Waals surface area contributed by atoms with Gasteiger partial charge in [-0.3, -0.25) is 9.59 Å². The molecule has 3 N–H and O–H groups in total. The van der Waals surface area contributed by atoms with Crippen LogP contribution in [0.15, 0.2) is 79.1 Å². The topological polar surface area (TPSA) is 88.1 Å². The van der Waals surface area contributed by atoms with E-state index < -0.39 is 0 Å². The van der Waals surface area contributed by atoms with Crippen molar-refractivity contribution in [3.05, 3.63) is 102 Å². The van der Waals surface area contributed by atoms with Gasteiger partial charge in [0.2, 0.25) is 5.91 Å². The lowest BCUT2D eigenvalue weighted by Gasteiger charge is -2.17. The summed E-state index contributed by atoms with van der Waals surface area (Å²) >= 11 is 0. The first-order chi connectivity index (χ1) is 17.5. The standard InChI is InChI=1S/C29H33N5O2/c1-3-16-34-17-15-31-27(34)19-30-18-22-11-13-24(14-12-22)29(36)32-20-28(35)33-21(2)25-10-6-8-23-7-4-5-9-26(23)25/h4-15,17,21,30H,3,16,18-20H2,1-2H3,(H,32,36)(H,33,35)/t21-/m0/s1. The minimum absolute atomic E-state index is 0.0817. The Balaban J connectivity index is 1.23. The molecule has 1 atom stereocenters. The summed E-state index contributed by atoms with van der Waals surface area (Å²) in [5.41, 5.74) is 2.64. The third kappa shape index (κ3) is 6.37. The first kappa shape index (κ1) is 25.1. The zero-order valence-corrected chi connectivity index (χ0v) is 20.8. The van der Waals surface area contributed by atoms with Gasteiger partial charge in [-0.2, -0.15) is 0 Å². The zero-order valence-electron chi connectivity index (χ0n) is 20.8. The lowest BCUT2D eigenvalue weighted by atomic mass is 10.00. The summed E-state index contributed by atoms with van der Waals surface area (Å²) in [6.45, 7) is 6.33. The average Bonchev–Trinajstić information content (AvgIpc) is 3.34. The van der Waals surface area contributed by atoms with E-state index in [1.807, 2.05) is 55.7 Å². The smallest absolute Gasteiger partial charge is 0.251 e. The SMILES string of the molecule is CCCn1ccnc1CNCc1ccc(C(=O)NCC(=O)N[C@@H](C)c2cccc3ccccc23)cc1. The highest BCUT2D eigenvalue weighted by Crippen LogP contribution is 2.23. The molecule has 1 aromatic heterocycles. The van der Waals surface area contributed by atoms with Crippen molar-refractivity contribution in [2.24, 2.45) is 0 Å². The first-order valence-corrected chi connectivity index (χ1v) is 12.4. The van der Waals surface area contributed by atoms with Crippen molar-refractivity contribution >= 4 is 22.6 Å². The number of hydrogen-bond acceptors (Lipinski definition) is 4. The predicted octanol–water partition coefficient (Wildman–Crippen LogP) is 4.34. The Bertz CT molecular complexity index is 1310. The van der Waals surface area contributed by atoms with Crippen LogP contribution < -0.4 is 16.0 Å². The largest absolute Gasteiger partial charge is 0.348 e. The van der Waals surface area contributed by atoms with E-state index >= 15 is 0 Å². The van der Waals surface area contributed by atoms with Crippen LogP contribution in [0, 0.1) is 0 Å². The minimum atomic E-state index is -0.274. The molecule has 0 aliphatic heterocycles. The molecule has 36 heavy (non-hydrogen) atoms. The molecule has 0 radical (unpaired) electrons. The molecule has 0 aliphatic rings. The number of rotatable bonds is 11. The number of amides is 2. The summed E-state index contributed by atoms with van der Waals surface area (Å²) in [5, 5.41) is 11.3. The average molecular weight is 484 g/mol. The van der Waals surface area contributed by atoms with Gasteiger partial charge in [0.05, 0.1) is 19.1 Å². The van der Waals surface area contributed by atoms with Gasteiger partial charge in [0, 0.05) is 31.0 Å². The van der Waals surface area contributed by atoms with E-state index in [0.29, 0.717) is 18.7 Å². The molecule has 0 spiro atoms. The quantitative estimate of drug-likeness (QED) is 0.296. The molecule has 1 heterocycles. The number of nitrogens with one attached hydrogen (secondary N) is 3. The van der Waals surface area contributed by atoms with Gasteiger partial charge in [-0.05, 0) is 47.4 Å². The minimum Gasteiger partial charge on any atom is -0.348 e. The van der Waals surface area contributed by atoms with E-state index in [-0.39, 0.29) is 24.4 Å². The number of carbonyl (C=O) groups is 2. The van der Waals surface area contributed by atoms with Crippen molar-refractivity contribution in [3.63, 3.8) is 0 Å². The van der Waals surface area contributed by atoms with Gasteiger partial charge >= 0.3 is 0 Å². The summed E-state index contributed by atoms with van der Waals surface area (Å²) in [4.78, 5) is 29.4. The number of imidazole rings is 1. The monoisotopic (exact) mass is 483 g/mol. The summed E-state index contributed by atoms with van der Waals surface area (Å²) in [7, 11) is 0. The van der Waals surface area contributed by atoms with Crippen LogP contribution in [0.4, 0.5) is 0 Å². The Labute approximate surface area is 211 Å². The summed E-state index contributed by atoms with van der Waals surface area (Å²) in [6, 6.07) is 21.4. The third-order valence-corrected chi connectivity index (χ3v) is 6.17. The first-order valence-electron chi connectivity index (χ1n) is 12.4. The summed E-state index contributed by atoms with van der Waals surface area (Å²) in [5.74, 6) is 0.510. The van der Waals surface area contributed by atoms with Crippen molar-refractivity contribution in [1.82, 2.24) is 25.5 Å². The maximum Gasteiger partial charge on any atom is 0.251 e. The van der Waals surface area contributed by atoms with E-state index in [1.165, 1.54) is 0 Å². The molecule has 186 valence electrons. The molecule has 0 saturated heterocycles. The van der Waals surface area contributed by atoms with Gasteiger partial charge < -0.3 is 20.5 Å². The molecular formula is C29H33N5O2. The molecule has 4 aromatic rings. The molecule has 7 heteroatoms. The Morgan fingerprint density at radius 3 is 2.56 bits per heavy atom. The molecular weight excluding hydrogens is 450 g/mol. The molecule has 2 amide bonds. The van der Waals surface area contributed by atoms with Gasteiger partial charge in [0.15, 0.2) is 0 Å². The van der Waals surface area contributed by atoms with Crippen molar-refractivity contribution in [2.75, 3.05) is 6.54 Å². The zero-order chi connectivity index (χ0) is 25.3.